The van der Waals surface area contributed by atoms with Crippen molar-refractivity contribution in [3.05, 3.63) is 23.2 Å². The van der Waals surface area contributed by atoms with Gasteiger partial charge in [0.1, 0.15) is 4.83 Å². The van der Waals surface area contributed by atoms with E-state index < -0.39 is 0 Å². The molecule has 16 heavy (non-hydrogen) atoms. The average Bonchev–Trinajstić information content (AvgIpc) is 2.28. The van der Waals surface area contributed by atoms with Crippen LogP contribution in [-0.4, -0.2) is 23.7 Å². The Labute approximate surface area is 112 Å². The number of halogens is 2. The molecule has 6 heteroatoms. The number of anilines is 1. The van der Waals surface area contributed by atoms with E-state index in [9.17, 15) is 4.79 Å². The fourth-order valence-corrected chi connectivity index (χ4v) is 2.72. The number of thioether (sulfide) groups is 1. The van der Waals surface area contributed by atoms with E-state index in [0.717, 1.165) is 4.90 Å². The molecule has 0 heterocycles. The highest BCUT2D eigenvalue weighted by atomic mass is 79.9. The Morgan fingerprint density at radius 1 is 1.69 bits per heavy atom. The third-order valence-corrected chi connectivity index (χ3v) is 4.34. The minimum Gasteiger partial charge on any atom is -0.468 e. The van der Waals surface area contributed by atoms with Crippen LogP contribution in [0.3, 0.4) is 0 Å². The third-order valence-electron chi connectivity index (χ3n) is 1.82. The summed E-state index contributed by atoms with van der Waals surface area (Å²) in [4.78, 5) is 11.7. The summed E-state index contributed by atoms with van der Waals surface area (Å²) in [6.45, 7) is 0. The van der Waals surface area contributed by atoms with Gasteiger partial charge in [-0.3, -0.25) is 4.79 Å². The van der Waals surface area contributed by atoms with Gasteiger partial charge in [-0.15, -0.1) is 11.8 Å². The molecule has 0 spiro atoms. The van der Waals surface area contributed by atoms with Crippen LogP contribution in [0.15, 0.2) is 23.1 Å². The Morgan fingerprint density at radius 2 is 2.38 bits per heavy atom. The van der Waals surface area contributed by atoms with Crippen molar-refractivity contribution >= 4 is 50.9 Å². The highest BCUT2D eigenvalue weighted by Gasteiger charge is 2.15. The van der Waals surface area contributed by atoms with Crippen LogP contribution in [0.1, 0.15) is 0 Å². The van der Waals surface area contributed by atoms with Crippen LogP contribution in [0.4, 0.5) is 5.69 Å². The average molecular weight is 325 g/mol. The maximum atomic E-state index is 11.1. The second kappa shape index (κ2) is 6.37. The van der Waals surface area contributed by atoms with Crippen molar-refractivity contribution in [3.63, 3.8) is 0 Å². The second-order valence-electron chi connectivity index (χ2n) is 2.98. The van der Waals surface area contributed by atoms with E-state index in [0.29, 0.717) is 16.5 Å². The molecule has 0 aromatic heterocycles. The molecule has 0 fully saturated rings. The Kier molecular flexibility index (Phi) is 5.44. The van der Waals surface area contributed by atoms with E-state index in [1.807, 2.05) is 0 Å². The quantitative estimate of drug-likeness (QED) is 0.400. The lowest BCUT2D eigenvalue weighted by Gasteiger charge is -2.09. The van der Waals surface area contributed by atoms with Gasteiger partial charge < -0.3 is 10.5 Å². The number of methoxy groups -OCH3 is 1. The van der Waals surface area contributed by atoms with Gasteiger partial charge in [0, 0.05) is 21.4 Å². The summed E-state index contributed by atoms with van der Waals surface area (Å²) in [6.07, 6.45) is 0. The van der Waals surface area contributed by atoms with Gasteiger partial charge in [-0.1, -0.05) is 27.5 Å². The molecule has 1 atom stereocenters. The Bertz CT molecular complexity index is 389. The maximum absolute atomic E-state index is 11.1. The molecule has 1 unspecified atom stereocenters. The van der Waals surface area contributed by atoms with Crippen molar-refractivity contribution in [3.8, 4) is 0 Å². The minimum atomic E-state index is -0.346. The topological polar surface area (TPSA) is 52.3 Å². The van der Waals surface area contributed by atoms with Crippen LogP contribution in [0.2, 0.25) is 5.02 Å². The number of benzene rings is 1. The Hall–Kier alpha value is -0.390. The lowest BCUT2D eigenvalue weighted by atomic mass is 10.3. The summed E-state index contributed by atoms with van der Waals surface area (Å²) in [7, 11) is 1.36. The molecule has 1 rings (SSSR count). The predicted octanol–water partition coefficient (Wildman–Crippen LogP) is 2.95. The summed E-state index contributed by atoms with van der Waals surface area (Å²) in [5, 5.41) is 0.626. The van der Waals surface area contributed by atoms with Crippen LogP contribution in [0, 0.1) is 0 Å². The summed E-state index contributed by atoms with van der Waals surface area (Å²) < 4.78 is 4.60. The van der Waals surface area contributed by atoms with Crippen LogP contribution in [0.5, 0.6) is 0 Å². The van der Waals surface area contributed by atoms with Crippen molar-refractivity contribution in [2.75, 3.05) is 18.6 Å². The summed E-state index contributed by atoms with van der Waals surface area (Å²) in [5.41, 5.74) is 6.43. The van der Waals surface area contributed by atoms with Crippen molar-refractivity contribution in [2.24, 2.45) is 0 Å². The number of hydrogen-bond acceptors (Lipinski definition) is 4. The number of nitrogen functional groups attached to an aromatic ring is 1. The van der Waals surface area contributed by atoms with Gasteiger partial charge in [0.2, 0.25) is 0 Å². The van der Waals surface area contributed by atoms with E-state index in [1.165, 1.54) is 18.9 Å². The predicted molar refractivity (Wildman–Crippen MR) is 71.3 cm³/mol. The number of carbonyl (C=O) groups excluding carboxylic acids is 1. The molecule has 0 amide bonds. The van der Waals surface area contributed by atoms with Crippen molar-refractivity contribution in [2.45, 2.75) is 9.72 Å². The summed E-state index contributed by atoms with van der Waals surface area (Å²) in [5.74, 6) is 0.241. The molecule has 0 saturated heterocycles. The van der Waals surface area contributed by atoms with Crippen LogP contribution >= 0.6 is 39.3 Å². The smallest absolute Gasteiger partial charge is 0.320 e. The number of alkyl halides is 1. The van der Waals surface area contributed by atoms with E-state index in [-0.39, 0.29) is 10.8 Å². The van der Waals surface area contributed by atoms with Crippen LogP contribution < -0.4 is 5.73 Å². The second-order valence-corrected chi connectivity index (χ2v) is 5.59. The van der Waals surface area contributed by atoms with E-state index in [4.69, 9.17) is 17.3 Å². The third kappa shape index (κ3) is 3.88. The molecular formula is C10H11BrClNO2S. The molecule has 2 N–H and O–H groups in total. The van der Waals surface area contributed by atoms with Gasteiger partial charge in [0.25, 0.3) is 0 Å². The molecule has 3 nitrogen and oxygen atoms in total. The first kappa shape index (κ1) is 13.7. The van der Waals surface area contributed by atoms with Crippen molar-refractivity contribution < 1.29 is 9.53 Å². The van der Waals surface area contributed by atoms with Gasteiger partial charge in [-0.2, -0.15) is 0 Å². The van der Waals surface area contributed by atoms with Gasteiger partial charge in [0.05, 0.1) is 7.11 Å². The molecule has 0 bridgehead atoms. The van der Waals surface area contributed by atoms with Crippen molar-refractivity contribution in [1.82, 2.24) is 0 Å². The number of rotatable bonds is 4. The van der Waals surface area contributed by atoms with Crippen LogP contribution in [-0.2, 0) is 9.53 Å². The monoisotopic (exact) mass is 323 g/mol. The number of carbonyl (C=O) groups is 1. The molecule has 1 aromatic carbocycles. The van der Waals surface area contributed by atoms with Gasteiger partial charge in [-0.05, 0) is 18.2 Å². The summed E-state index contributed by atoms with van der Waals surface area (Å²) >= 11 is 10.5. The molecule has 1 aromatic rings. The largest absolute Gasteiger partial charge is 0.468 e. The zero-order valence-electron chi connectivity index (χ0n) is 8.57. The van der Waals surface area contributed by atoms with E-state index >= 15 is 0 Å². The molecule has 0 saturated carbocycles. The fraction of sp³-hybridized carbons (Fsp3) is 0.300. The maximum Gasteiger partial charge on any atom is 0.320 e. The first-order valence-electron chi connectivity index (χ1n) is 4.44. The summed E-state index contributed by atoms with van der Waals surface area (Å²) in [6, 6.07) is 5.25. The van der Waals surface area contributed by atoms with Gasteiger partial charge in [0.15, 0.2) is 0 Å². The van der Waals surface area contributed by atoms with E-state index in [1.54, 1.807) is 18.2 Å². The van der Waals surface area contributed by atoms with Crippen molar-refractivity contribution in [1.29, 1.82) is 0 Å². The SMILES string of the molecule is COC(=O)C(Br)CSc1cc(Cl)ccc1N. The number of hydrogen-bond donors (Lipinski definition) is 1. The highest BCUT2D eigenvalue weighted by Crippen LogP contribution is 2.29. The standard InChI is InChI=1S/C10H11BrClNO2S/c1-15-10(14)7(11)5-16-9-4-6(12)2-3-8(9)13/h2-4,7H,5,13H2,1H3. The van der Waals surface area contributed by atoms with Crippen LogP contribution in [0.25, 0.3) is 0 Å². The molecule has 0 aliphatic rings. The number of esters is 1. The zero-order valence-corrected chi connectivity index (χ0v) is 11.7. The minimum absolute atomic E-state index is 0.298. The van der Waals surface area contributed by atoms with E-state index in [2.05, 4.69) is 20.7 Å². The first-order valence-corrected chi connectivity index (χ1v) is 6.72. The molecular weight excluding hydrogens is 314 g/mol. The molecule has 0 aliphatic carbocycles. The lowest BCUT2D eigenvalue weighted by molar-refractivity contribution is -0.139. The number of ether oxygens (including phenoxy) is 1. The lowest BCUT2D eigenvalue weighted by Crippen LogP contribution is -2.17. The molecule has 88 valence electrons. The fourth-order valence-electron chi connectivity index (χ4n) is 0.992. The Morgan fingerprint density at radius 3 is 3.00 bits per heavy atom. The highest BCUT2D eigenvalue weighted by molar-refractivity contribution is 9.10. The zero-order chi connectivity index (χ0) is 12.1. The first-order chi connectivity index (χ1) is 7.54. The molecule has 0 radical (unpaired) electrons. The molecule has 0 aliphatic heterocycles. The van der Waals surface area contributed by atoms with Gasteiger partial charge in [-0.25, -0.2) is 0 Å². The number of nitrogens with two attached hydrogens (primary N) is 1. The Balaban J connectivity index is 2.60. The van der Waals surface area contributed by atoms with Gasteiger partial charge >= 0.3 is 5.97 Å². The normalized spacial score (nSPS) is 12.2.